The fraction of sp³-hybridized carbons (Fsp3) is 0.222. The molecular weight excluding hydrogens is 216 g/mol. The molecule has 15 heavy (non-hydrogen) atoms. The molecule has 5 nitrogen and oxygen atoms in total. The molecule has 0 aliphatic rings. The Kier molecular flexibility index (Phi) is 3.21. The highest BCUT2D eigenvalue weighted by atomic mass is 32.1. The average Bonchev–Trinajstić information content (AvgIpc) is 2.57. The molecule has 6 heteroatoms. The molecule has 0 bridgehead atoms. The maximum Gasteiger partial charge on any atom is 0.340 e. The second-order valence-corrected chi connectivity index (χ2v) is 3.61. The Morgan fingerprint density at radius 3 is 2.67 bits per heavy atom. The molecule has 0 aromatic carbocycles. The number of anilines is 1. The Bertz CT molecular complexity index is 425. The van der Waals surface area contributed by atoms with Crippen molar-refractivity contribution in [3.8, 4) is 0 Å². The zero-order valence-electron chi connectivity index (χ0n) is 8.35. The van der Waals surface area contributed by atoms with Gasteiger partial charge in [0.25, 0.3) is 5.91 Å². The molecule has 0 aliphatic heterocycles. The summed E-state index contributed by atoms with van der Waals surface area (Å²) in [5.41, 5.74) is 0.476. The third kappa shape index (κ3) is 2.04. The van der Waals surface area contributed by atoms with E-state index in [9.17, 15) is 9.59 Å². The Balaban J connectivity index is 3.20. The maximum atomic E-state index is 11.3. The summed E-state index contributed by atoms with van der Waals surface area (Å²) < 4.78 is 3.91. The highest BCUT2D eigenvalue weighted by molar-refractivity contribution is 7.11. The third-order valence-corrected chi connectivity index (χ3v) is 2.88. The molecule has 0 atom stereocenters. The van der Waals surface area contributed by atoms with E-state index in [1.165, 1.54) is 11.9 Å². The average molecular weight is 226 g/mol. The fourth-order valence-electron chi connectivity index (χ4n) is 1.07. The largest absolute Gasteiger partial charge is 0.478 e. The number of carbonyl (C=O) groups excluding carboxylic acids is 1. The van der Waals surface area contributed by atoms with E-state index >= 15 is 0 Å². The number of aryl methyl sites for hydroxylation is 1. The summed E-state index contributed by atoms with van der Waals surface area (Å²) in [7, 11) is 1.49. The topological polar surface area (TPSA) is 70.5 Å². The second-order valence-electron chi connectivity index (χ2n) is 2.85. The number of aromatic carboxylic acids is 1. The zero-order valence-corrected chi connectivity index (χ0v) is 9.17. The van der Waals surface area contributed by atoms with Crippen molar-refractivity contribution in [3.05, 3.63) is 23.9 Å². The Labute approximate surface area is 90.8 Å². The zero-order chi connectivity index (χ0) is 11.6. The first-order valence-corrected chi connectivity index (χ1v) is 4.86. The van der Waals surface area contributed by atoms with Crippen LogP contribution in [0.4, 0.5) is 5.00 Å². The summed E-state index contributed by atoms with van der Waals surface area (Å²) in [4.78, 5) is 23.4. The molecule has 80 valence electrons. The van der Waals surface area contributed by atoms with Gasteiger partial charge in [0.2, 0.25) is 0 Å². The minimum absolute atomic E-state index is 0.0673. The summed E-state index contributed by atoms with van der Waals surface area (Å²) in [5.74, 6) is -1.44. The smallest absolute Gasteiger partial charge is 0.340 e. The summed E-state index contributed by atoms with van der Waals surface area (Å²) in [6, 6.07) is 0. The summed E-state index contributed by atoms with van der Waals surface area (Å²) >= 11 is 0.983. The highest BCUT2D eigenvalue weighted by Gasteiger charge is 2.22. The lowest BCUT2D eigenvalue weighted by Gasteiger charge is -2.12. The van der Waals surface area contributed by atoms with Crippen molar-refractivity contribution >= 4 is 28.4 Å². The maximum absolute atomic E-state index is 11.3. The van der Waals surface area contributed by atoms with E-state index in [0.717, 1.165) is 17.6 Å². The quantitative estimate of drug-likeness (QED) is 0.788. The van der Waals surface area contributed by atoms with Crippen LogP contribution in [0.5, 0.6) is 0 Å². The standard InChI is InChI=1S/C9H10N2O3S/c1-4-6(12)11(3)8-7(9(13)14)5(2)10-15-8/h4H,1H2,2-3H3,(H,13,14). The van der Waals surface area contributed by atoms with E-state index in [1.54, 1.807) is 6.92 Å². The van der Waals surface area contributed by atoms with Crippen molar-refractivity contribution in [3.63, 3.8) is 0 Å². The van der Waals surface area contributed by atoms with Crippen LogP contribution in [0.3, 0.4) is 0 Å². The van der Waals surface area contributed by atoms with Crippen molar-refractivity contribution in [2.45, 2.75) is 6.92 Å². The minimum atomic E-state index is -1.08. The number of rotatable bonds is 3. The molecule has 0 unspecified atom stereocenters. The molecule has 0 saturated carbocycles. The number of carboxylic acid groups (broad SMARTS) is 1. The number of aromatic nitrogens is 1. The van der Waals surface area contributed by atoms with E-state index in [-0.39, 0.29) is 11.5 Å². The second kappa shape index (κ2) is 4.22. The fourth-order valence-corrected chi connectivity index (χ4v) is 1.92. The van der Waals surface area contributed by atoms with Crippen LogP contribution < -0.4 is 4.90 Å². The van der Waals surface area contributed by atoms with Crippen molar-refractivity contribution < 1.29 is 14.7 Å². The highest BCUT2D eigenvalue weighted by Crippen LogP contribution is 2.27. The molecule has 1 N–H and O–H groups in total. The van der Waals surface area contributed by atoms with E-state index < -0.39 is 5.97 Å². The SMILES string of the molecule is C=CC(=O)N(C)c1snc(C)c1C(=O)O. The lowest BCUT2D eigenvalue weighted by molar-refractivity contribution is -0.113. The van der Waals surface area contributed by atoms with Gasteiger partial charge in [-0.25, -0.2) is 4.79 Å². The van der Waals surface area contributed by atoms with Gasteiger partial charge in [-0.3, -0.25) is 4.79 Å². The molecule has 0 fully saturated rings. The van der Waals surface area contributed by atoms with E-state index in [0.29, 0.717) is 10.7 Å². The lowest BCUT2D eigenvalue weighted by Crippen LogP contribution is -2.24. The number of carboxylic acids is 1. The Hall–Kier alpha value is -1.69. The molecular formula is C9H10N2O3S. The molecule has 0 aliphatic carbocycles. The van der Waals surface area contributed by atoms with Gasteiger partial charge in [0.05, 0.1) is 5.69 Å². The molecule has 0 saturated heterocycles. The first-order chi connectivity index (χ1) is 6.99. The number of amides is 1. The number of likely N-dealkylation sites (N-methyl/N-ethyl adjacent to an activating group) is 1. The normalized spacial score (nSPS) is 9.73. The summed E-state index contributed by atoms with van der Waals surface area (Å²) in [6.45, 7) is 4.93. The molecule has 1 aromatic rings. The van der Waals surface area contributed by atoms with Crippen LogP contribution in [-0.2, 0) is 4.79 Å². The number of hydrogen-bond acceptors (Lipinski definition) is 4. The molecule has 1 aromatic heterocycles. The van der Waals surface area contributed by atoms with Crippen LogP contribution in [-0.4, -0.2) is 28.4 Å². The van der Waals surface area contributed by atoms with Crippen LogP contribution >= 0.6 is 11.5 Å². The van der Waals surface area contributed by atoms with Gasteiger partial charge in [-0.1, -0.05) is 6.58 Å². The summed E-state index contributed by atoms with van der Waals surface area (Å²) in [6.07, 6.45) is 1.13. The number of nitrogens with zero attached hydrogens (tertiary/aromatic N) is 2. The van der Waals surface area contributed by atoms with Crippen LogP contribution in [0.25, 0.3) is 0 Å². The number of hydrogen-bond donors (Lipinski definition) is 1. The first-order valence-electron chi connectivity index (χ1n) is 4.08. The molecule has 1 rings (SSSR count). The van der Waals surface area contributed by atoms with Crippen molar-refractivity contribution in [2.75, 3.05) is 11.9 Å². The predicted molar refractivity (Wildman–Crippen MR) is 57.4 cm³/mol. The van der Waals surface area contributed by atoms with Crippen molar-refractivity contribution in [2.24, 2.45) is 0 Å². The predicted octanol–water partition coefficient (Wildman–Crippen LogP) is 1.30. The summed E-state index contributed by atoms with van der Waals surface area (Å²) in [5, 5.41) is 9.27. The van der Waals surface area contributed by atoms with Gasteiger partial charge in [-0.2, -0.15) is 4.37 Å². The van der Waals surface area contributed by atoms with Gasteiger partial charge in [0.15, 0.2) is 0 Å². The Morgan fingerprint density at radius 2 is 2.20 bits per heavy atom. The molecule has 0 radical (unpaired) electrons. The van der Waals surface area contributed by atoms with Gasteiger partial charge in [0, 0.05) is 7.05 Å². The van der Waals surface area contributed by atoms with Crippen LogP contribution in [0, 0.1) is 6.92 Å². The molecule has 1 heterocycles. The van der Waals surface area contributed by atoms with Crippen LogP contribution in [0.1, 0.15) is 16.1 Å². The number of carbonyl (C=O) groups is 2. The van der Waals surface area contributed by atoms with E-state index in [4.69, 9.17) is 5.11 Å². The Morgan fingerprint density at radius 1 is 1.60 bits per heavy atom. The van der Waals surface area contributed by atoms with Gasteiger partial charge in [0.1, 0.15) is 10.6 Å². The monoisotopic (exact) mass is 226 g/mol. The van der Waals surface area contributed by atoms with Crippen molar-refractivity contribution in [1.82, 2.24) is 4.37 Å². The molecule has 0 spiro atoms. The van der Waals surface area contributed by atoms with Crippen LogP contribution in [0.2, 0.25) is 0 Å². The first kappa shape index (κ1) is 11.4. The van der Waals surface area contributed by atoms with Crippen LogP contribution in [0.15, 0.2) is 12.7 Å². The van der Waals surface area contributed by atoms with Gasteiger partial charge >= 0.3 is 5.97 Å². The minimum Gasteiger partial charge on any atom is -0.478 e. The van der Waals surface area contributed by atoms with Gasteiger partial charge in [-0.15, -0.1) is 0 Å². The molecule has 1 amide bonds. The third-order valence-electron chi connectivity index (χ3n) is 1.87. The van der Waals surface area contributed by atoms with E-state index in [2.05, 4.69) is 11.0 Å². The van der Waals surface area contributed by atoms with Crippen molar-refractivity contribution in [1.29, 1.82) is 0 Å². The lowest BCUT2D eigenvalue weighted by atomic mass is 10.2. The van der Waals surface area contributed by atoms with Gasteiger partial charge < -0.3 is 10.0 Å². The van der Waals surface area contributed by atoms with E-state index in [1.807, 2.05) is 0 Å². The van der Waals surface area contributed by atoms with Gasteiger partial charge in [-0.05, 0) is 24.5 Å².